The number of aromatic nitrogens is 2. The highest BCUT2D eigenvalue weighted by Gasteiger charge is 2.25. The molecule has 0 saturated carbocycles. The van der Waals surface area contributed by atoms with Gasteiger partial charge in [-0.3, -0.25) is 4.79 Å². The number of fused-ring (bicyclic) bond motifs is 1. The second-order valence-corrected chi connectivity index (χ2v) is 7.58. The molecule has 0 saturated heterocycles. The number of amides is 1. The summed E-state index contributed by atoms with van der Waals surface area (Å²) in [5.41, 5.74) is 3.37. The van der Waals surface area contributed by atoms with Crippen molar-refractivity contribution < 1.29 is 19.0 Å². The van der Waals surface area contributed by atoms with Gasteiger partial charge in [0.05, 0.1) is 24.8 Å². The van der Waals surface area contributed by atoms with E-state index in [1.807, 2.05) is 44.2 Å². The molecule has 4 rings (SSSR count). The highest BCUT2D eigenvalue weighted by atomic mass is 16.5. The number of methoxy groups -OCH3 is 1. The van der Waals surface area contributed by atoms with Gasteiger partial charge in [-0.2, -0.15) is 0 Å². The number of hydrogen-bond acceptors (Lipinski definition) is 6. The average Bonchev–Trinajstić information content (AvgIpc) is 2.78. The molecule has 1 aliphatic heterocycles. The Labute approximate surface area is 181 Å². The Morgan fingerprint density at radius 2 is 1.97 bits per heavy atom. The van der Waals surface area contributed by atoms with Crippen molar-refractivity contribution in [3.8, 4) is 28.6 Å². The Bertz CT molecular complexity index is 1070. The van der Waals surface area contributed by atoms with E-state index in [4.69, 9.17) is 14.2 Å². The summed E-state index contributed by atoms with van der Waals surface area (Å²) in [7, 11) is 1.60. The minimum atomic E-state index is -0.197. The zero-order valence-electron chi connectivity index (χ0n) is 17.8. The van der Waals surface area contributed by atoms with Gasteiger partial charge in [0, 0.05) is 36.0 Å². The van der Waals surface area contributed by atoms with Crippen LogP contribution >= 0.6 is 0 Å². The first kappa shape index (κ1) is 20.7. The Morgan fingerprint density at radius 1 is 1.13 bits per heavy atom. The summed E-state index contributed by atoms with van der Waals surface area (Å²) in [6.07, 6.45) is 3.88. The number of pyridine rings is 2. The third kappa shape index (κ3) is 4.60. The van der Waals surface area contributed by atoms with Crippen LogP contribution in [0.15, 0.2) is 54.9 Å². The van der Waals surface area contributed by atoms with Crippen LogP contribution < -0.4 is 19.5 Å². The largest absolute Gasteiger partial charge is 0.491 e. The molecule has 31 heavy (non-hydrogen) atoms. The van der Waals surface area contributed by atoms with E-state index in [2.05, 4.69) is 15.3 Å². The molecule has 7 nitrogen and oxygen atoms in total. The van der Waals surface area contributed by atoms with Crippen molar-refractivity contribution in [1.29, 1.82) is 0 Å². The van der Waals surface area contributed by atoms with Gasteiger partial charge in [-0.25, -0.2) is 9.97 Å². The van der Waals surface area contributed by atoms with E-state index in [0.717, 1.165) is 22.4 Å². The Kier molecular flexibility index (Phi) is 6.02. The van der Waals surface area contributed by atoms with E-state index >= 15 is 0 Å². The summed E-state index contributed by atoms with van der Waals surface area (Å²) in [4.78, 5) is 21.2. The van der Waals surface area contributed by atoms with Crippen LogP contribution in [0.5, 0.6) is 17.5 Å². The van der Waals surface area contributed by atoms with Crippen LogP contribution in [0.25, 0.3) is 11.1 Å². The number of carbonyl (C=O) groups excluding carboxylic acids is 1. The highest BCUT2D eigenvalue weighted by molar-refractivity contribution is 5.94. The zero-order valence-corrected chi connectivity index (χ0v) is 17.8. The van der Waals surface area contributed by atoms with Gasteiger partial charge in [0.25, 0.3) is 5.91 Å². The van der Waals surface area contributed by atoms with Crippen molar-refractivity contribution in [2.45, 2.75) is 32.4 Å². The summed E-state index contributed by atoms with van der Waals surface area (Å²) in [5.74, 6) is 1.66. The fourth-order valence-electron chi connectivity index (χ4n) is 3.61. The molecular formula is C24H25N3O4. The van der Waals surface area contributed by atoms with Gasteiger partial charge in [-0.15, -0.1) is 0 Å². The Balaban J connectivity index is 1.52. The minimum Gasteiger partial charge on any atom is -0.491 e. The molecule has 0 spiro atoms. The van der Waals surface area contributed by atoms with Crippen molar-refractivity contribution >= 4 is 5.91 Å². The van der Waals surface area contributed by atoms with E-state index < -0.39 is 0 Å². The van der Waals surface area contributed by atoms with E-state index in [1.165, 1.54) is 6.20 Å². The smallest absolute Gasteiger partial charge is 0.253 e. The second-order valence-electron chi connectivity index (χ2n) is 7.58. The third-order valence-corrected chi connectivity index (χ3v) is 4.97. The first-order valence-corrected chi connectivity index (χ1v) is 10.2. The number of carbonyl (C=O) groups is 1. The van der Waals surface area contributed by atoms with Gasteiger partial charge in [-0.1, -0.05) is 12.1 Å². The summed E-state index contributed by atoms with van der Waals surface area (Å²) in [6.45, 7) is 4.26. The molecule has 1 N–H and O–H groups in total. The lowest BCUT2D eigenvalue weighted by Crippen LogP contribution is -2.42. The lowest BCUT2D eigenvalue weighted by atomic mass is 9.93. The summed E-state index contributed by atoms with van der Waals surface area (Å²) >= 11 is 0. The van der Waals surface area contributed by atoms with E-state index in [1.54, 1.807) is 25.4 Å². The van der Waals surface area contributed by atoms with Crippen LogP contribution in [-0.2, 0) is 6.42 Å². The molecule has 3 aromatic rings. The number of rotatable bonds is 6. The average molecular weight is 419 g/mol. The van der Waals surface area contributed by atoms with Gasteiger partial charge in [0.2, 0.25) is 11.8 Å². The Morgan fingerprint density at radius 3 is 2.71 bits per heavy atom. The van der Waals surface area contributed by atoms with Gasteiger partial charge in [0.15, 0.2) is 0 Å². The SMILES string of the molecule is COc1ncccc1-c1cccc2c1C[C@H](NC(=O)c1ccc(OC(C)C)nc1)CO2. The van der Waals surface area contributed by atoms with E-state index in [9.17, 15) is 4.79 Å². The predicted molar refractivity (Wildman–Crippen MR) is 117 cm³/mol. The van der Waals surface area contributed by atoms with Crippen LogP contribution in [0.4, 0.5) is 0 Å². The molecule has 0 radical (unpaired) electrons. The maximum absolute atomic E-state index is 12.7. The van der Waals surface area contributed by atoms with Crippen molar-refractivity contribution in [2.75, 3.05) is 13.7 Å². The van der Waals surface area contributed by atoms with Crippen LogP contribution in [0.1, 0.15) is 29.8 Å². The van der Waals surface area contributed by atoms with E-state index in [-0.39, 0.29) is 18.1 Å². The van der Waals surface area contributed by atoms with Crippen molar-refractivity contribution in [3.05, 3.63) is 66.0 Å². The van der Waals surface area contributed by atoms with Crippen LogP contribution in [0.2, 0.25) is 0 Å². The van der Waals surface area contributed by atoms with Crippen LogP contribution in [0.3, 0.4) is 0 Å². The molecule has 0 aliphatic carbocycles. The standard InChI is InChI=1S/C24H25N3O4/c1-15(2)31-22-10-9-16(13-26-22)23(28)27-17-12-20-18(6-4-8-21(20)30-14-17)19-7-5-11-25-24(19)29-3/h4-11,13,15,17H,12,14H2,1-3H3,(H,27,28)/t17-/m0/s1. The third-order valence-electron chi connectivity index (χ3n) is 4.97. The molecule has 160 valence electrons. The van der Waals surface area contributed by atoms with Crippen LogP contribution in [-0.4, -0.2) is 41.7 Å². The van der Waals surface area contributed by atoms with Gasteiger partial charge in [0.1, 0.15) is 12.4 Å². The maximum atomic E-state index is 12.7. The highest BCUT2D eigenvalue weighted by Crippen LogP contribution is 2.37. The van der Waals surface area contributed by atoms with Crippen molar-refractivity contribution in [2.24, 2.45) is 0 Å². The molecule has 1 aliphatic rings. The van der Waals surface area contributed by atoms with Crippen LogP contribution in [0, 0.1) is 0 Å². The summed E-state index contributed by atoms with van der Waals surface area (Å²) < 4.78 is 16.9. The quantitative estimate of drug-likeness (QED) is 0.656. The first-order chi connectivity index (χ1) is 15.0. The number of ether oxygens (including phenoxy) is 3. The summed E-state index contributed by atoms with van der Waals surface area (Å²) in [5, 5.41) is 3.05. The monoisotopic (exact) mass is 419 g/mol. The summed E-state index contributed by atoms with van der Waals surface area (Å²) in [6, 6.07) is 13.0. The molecule has 0 unspecified atom stereocenters. The molecule has 1 atom stereocenters. The molecule has 3 heterocycles. The lowest BCUT2D eigenvalue weighted by molar-refractivity contribution is 0.0915. The molecule has 7 heteroatoms. The van der Waals surface area contributed by atoms with Gasteiger partial charge >= 0.3 is 0 Å². The number of hydrogen-bond donors (Lipinski definition) is 1. The molecule has 0 bridgehead atoms. The fourth-order valence-corrected chi connectivity index (χ4v) is 3.61. The fraction of sp³-hybridized carbons (Fsp3) is 0.292. The molecule has 1 amide bonds. The lowest BCUT2D eigenvalue weighted by Gasteiger charge is -2.28. The number of nitrogens with zero attached hydrogens (tertiary/aromatic N) is 2. The molecular weight excluding hydrogens is 394 g/mol. The van der Waals surface area contributed by atoms with Crippen molar-refractivity contribution in [1.82, 2.24) is 15.3 Å². The minimum absolute atomic E-state index is 0.0271. The molecule has 0 fully saturated rings. The zero-order chi connectivity index (χ0) is 21.8. The molecule has 2 aromatic heterocycles. The molecule has 1 aromatic carbocycles. The Hall–Kier alpha value is -3.61. The van der Waals surface area contributed by atoms with E-state index in [0.29, 0.717) is 30.4 Å². The second kappa shape index (κ2) is 9.04. The topological polar surface area (TPSA) is 82.6 Å². The first-order valence-electron chi connectivity index (χ1n) is 10.2. The maximum Gasteiger partial charge on any atom is 0.253 e. The number of nitrogens with one attached hydrogen (secondary N) is 1. The normalized spacial score (nSPS) is 15.0. The van der Waals surface area contributed by atoms with Gasteiger partial charge < -0.3 is 19.5 Å². The number of benzene rings is 1. The van der Waals surface area contributed by atoms with Gasteiger partial charge in [-0.05, 0) is 43.7 Å². The predicted octanol–water partition coefficient (Wildman–Crippen LogP) is 3.67. The van der Waals surface area contributed by atoms with Crippen molar-refractivity contribution in [3.63, 3.8) is 0 Å².